The zero-order chi connectivity index (χ0) is 13.2. The summed E-state index contributed by atoms with van der Waals surface area (Å²) in [6.07, 6.45) is 4.35. The van der Waals surface area contributed by atoms with Crippen molar-refractivity contribution in [3.8, 4) is 0 Å². The fourth-order valence-corrected chi connectivity index (χ4v) is 4.17. The third-order valence-electron chi connectivity index (χ3n) is 3.70. The van der Waals surface area contributed by atoms with Crippen LogP contribution in [0.2, 0.25) is 0 Å². The lowest BCUT2D eigenvalue weighted by Crippen LogP contribution is -2.47. The van der Waals surface area contributed by atoms with Gasteiger partial charge in [0, 0.05) is 21.8 Å². The quantitative estimate of drug-likeness (QED) is 0.404. The molecule has 3 heterocycles. The second-order valence-electron chi connectivity index (χ2n) is 5.02. The van der Waals surface area contributed by atoms with Gasteiger partial charge in [-0.25, -0.2) is 0 Å². The Balaban J connectivity index is 0.00000147. The highest BCUT2D eigenvalue weighted by atomic mass is 127. The average Bonchev–Trinajstić information content (AvgIpc) is 3.11. The van der Waals surface area contributed by atoms with Gasteiger partial charge in [0.15, 0.2) is 5.96 Å². The first-order chi connectivity index (χ1) is 9.24. The highest BCUT2D eigenvalue weighted by Crippen LogP contribution is 2.34. The van der Waals surface area contributed by atoms with E-state index >= 15 is 0 Å². The number of ether oxygens (including phenoxy) is 1. The van der Waals surface area contributed by atoms with Crippen LogP contribution in [0.1, 0.15) is 24.1 Å². The number of aliphatic imine (C=N–C) groups is 1. The number of halogens is 2. The monoisotopic (exact) mass is 471 g/mol. The molecule has 0 radical (unpaired) electrons. The summed E-state index contributed by atoms with van der Waals surface area (Å²) in [5.74, 6) is 0.866. The molecule has 0 aliphatic carbocycles. The van der Waals surface area contributed by atoms with Crippen LogP contribution in [0.15, 0.2) is 20.9 Å². The molecule has 3 atom stereocenters. The molecule has 0 aromatic carbocycles. The molecule has 0 spiro atoms. The van der Waals surface area contributed by atoms with Gasteiger partial charge in [-0.15, -0.1) is 35.3 Å². The van der Waals surface area contributed by atoms with Crippen LogP contribution in [0, 0.1) is 0 Å². The Morgan fingerprint density at radius 1 is 1.55 bits per heavy atom. The Bertz CT molecular complexity index is 482. The van der Waals surface area contributed by atoms with Crippen LogP contribution < -0.4 is 10.6 Å². The van der Waals surface area contributed by atoms with Gasteiger partial charge in [0.2, 0.25) is 0 Å². The molecule has 4 nitrogen and oxygen atoms in total. The van der Waals surface area contributed by atoms with Crippen LogP contribution in [-0.2, 0) is 11.3 Å². The molecule has 2 aliphatic rings. The van der Waals surface area contributed by atoms with E-state index in [-0.39, 0.29) is 24.0 Å². The van der Waals surface area contributed by atoms with E-state index in [1.807, 2.05) is 7.05 Å². The second-order valence-corrected chi connectivity index (χ2v) is 6.93. The van der Waals surface area contributed by atoms with Gasteiger partial charge in [-0.1, -0.05) is 0 Å². The molecule has 2 bridgehead atoms. The molecule has 2 fully saturated rings. The van der Waals surface area contributed by atoms with Gasteiger partial charge in [-0.05, 0) is 41.3 Å². The van der Waals surface area contributed by atoms with Crippen LogP contribution in [0.5, 0.6) is 0 Å². The Kier molecular flexibility index (Phi) is 6.12. The van der Waals surface area contributed by atoms with E-state index in [9.17, 15) is 0 Å². The fraction of sp³-hybridized carbons (Fsp3) is 0.615. The van der Waals surface area contributed by atoms with Crippen molar-refractivity contribution in [2.24, 2.45) is 4.99 Å². The molecule has 2 N–H and O–H groups in total. The average molecular weight is 472 g/mol. The minimum atomic E-state index is 0. The molecule has 2 aliphatic heterocycles. The molecular formula is C13H19BrIN3OS. The maximum Gasteiger partial charge on any atom is 0.191 e. The molecule has 1 aromatic rings. The Morgan fingerprint density at radius 3 is 2.95 bits per heavy atom. The molecule has 3 unspecified atom stereocenters. The van der Waals surface area contributed by atoms with Gasteiger partial charge < -0.3 is 15.4 Å². The number of rotatable bonds is 3. The number of nitrogens with zero attached hydrogens (tertiary/aromatic N) is 1. The summed E-state index contributed by atoms with van der Waals surface area (Å²) in [5.41, 5.74) is 0. The second kappa shape index (κ2) is 7.42. The van der Waals surface area contributed by atoms with Crippen molar-refractivity contribution < 1.29 is 4.74 Å². The number of guanidine groups is 1. The van der Waals surface area contributed by atoms with Crippen LogP contribution in [0.3, 0.4) is 0 Å². The van der Waals surface area contributed by atoms with E-state index in [1.54, 1.807) is 11.3 Å². The van der Waals surface area contributed by atoms with Crippen LogP contribution in [-0.4, -0.2) is 31.3 Å². The van der Waals surface area contributed by atoms with Gasteiger partial charge in [0.25, 0.3) is 0 Å². The van der Waals surface area contributed by atoms with Crippen molar-refractivity contribution in [1.29, 1.82) is 0 Å². The number of fused-ring (bicyclic) bond motifs is 2. The summed E-state index contributed by atoms with van der Waals surface area (Å²) in [4.78, 5) is 5.58. The first kappa shape index (κ1) is 16.5. The van der Waals surface area contributed by atoms with E-state index in [0.717, 1.165) is 23.4 Å². The topological polar surface area (TPSA) is 45.7 Å². The van der Waals surface area contributed by atoms with E-state index < -0.39 is 0 Å². The van der Waals surface area contributed by atoms with Crippen molar-refractivity contribution in [3.63, 3.8) is 0 Å². The number of hydrogen-bond donors (Lipinski definition) is 2. The lowest BCUT2D eigenvalue weighted by atomic mass is 9.96. The molecule has 112 valence electrons. The van der Waals surface area contributed by atoms with Gasteiger partial charge in [0.05, 0.1) is 24.8 Å². The predicted molar refractivity (Wildman–Crippen MR) is 97.1 cm³/mol. The van der Waals surface area contributed by atoms with Crippen molar-refractivity contribution in [2.75, 3.05) is 7.05 Å². The molecule has 0 saturated carbocycles. The van der Waals surface area contributed by atoms with Crippen LogP contribution in [0.4, 0.5) is 0 Å². The lowest BCUT2D eigenvalue weighted by molar-refractivity contribution is 0.0992. The molecular weight excluding hydrogens is 453 g/mol. The molecule has 7 heteroatoms. The zero-order valence-corrected chi connectivity index (χ0v) is 16.0. The first-order valence-electron chi connectivity index (χ1n) is 6.60. The highest BCUT2D eigenvalue weighted by Gasteiger charge is 2.41. The largest absolute Gasteiger partial charge is 0.373 e. The van der Waals surface area contributed by atoms with Gasteiger partial charge in [-0.2, -0.15) is 0 Å². The lowest BCUT2D eigenvalue weighted by Gasteiger charge is -2.22. The van der Waals surface area contributed by atoms with Crippen molar-refractivity contribution >= 4 is 57.2 Å². The van der Waals surface area contributed by atoms with Crippen LogP contribution >= 0.6 is 51.2 Å². The molecule has 0 amide bonds. The summed E-state index contributed by atoms with van der Waals surface area (Å²) in [6, 6.07) is 2.55. The first-order valence-corrected chi connectivity index (χ1v) is 8.27. The van der Waals surface area contributed by atoms with E-state index in [1.165, 1.54) is 17.7 Å². The predicted octanol–water partition coefficient (Wildman–Crippen LogP) is 3.11. The summed E-state index contributed by atoms with van der Waals surface area (Å²) >= 11 is 5.21. The normalized spacial score (nSPS) is 28.3. The van der Waals surface area contributed by atoms with E-state index in [2.05, 4.69) is 43.0 Å². The zero-order valence-electron chi connectivity index (χ0n) is 11.3. The Labute approximate surface area is 148 Å². The standard InChI is InChI=1S/C13H18BrN3OS.HI/c1-15-13(16-6-10-4-8(14)7-19-10)17-11-5-9-2-3-12(11)18-9;/h4,7,9,11-12H,2-3,5-6H2,1H3,(H2,15,16,17);1H. The maximum atomic E-state index is 5.85. The van der Waals surface area contributed by atoms with E-state index in [0.29, 0.717) is 18.2 Å². The minimum absolute atomic E-state index is 0. The summed E-state index contributed by atoms with van der Waals surface area (Å²) in [7, 11) is 1.81. The Hall–Kier alpha value is 0.140. The Morgan fingerprint density at radius 2 is 2.40 bits per heavy atom. The molecule has 20 heavy (non-hydrogen) atoms. The van der Waals surface area contributed by atoms with Gasteiger partial charge in [-0.3, -0.25) is 4.99 Å². The fourth-order valence-electron chi connectivity index (χ4n) is 2.78. The smallest absolute Gasteiger partial charge is 0.191 e. The minimum Gasteiger partial charge on any atom is -0.373 e. The molecule has 3 rings (SSSR count). The van der Waals surface area contributed by atoms with Crippen molar-refractivity contribution in [1.82, 2.24) is 10.6 Å². The third-order valence-corrected chi connectivity index (χ3v) is 5.40. The van der Waals surface area contributed by atoms with Crippen molar-refractivity contribution in [2.45, 2.75) is 44.1 Å². The summed E-state index contributed by atoms with van der Waals surface area (Å²) < 4.78 is 6.98. The third kappa shape index (κ3) is 3.86. The molecule has 2 saturated heterocycles. The number of hydrogen-bond acceptors (Lipinski definition) is 3. The summed E-state index contributed by atoms with van der Waals surface area (Å²) in [5, 5.41) is 8.93. The van der Waals surface area contributed by atoms with Gasteiger partial charge in [0.1, 0.15) is 0 Å². The number of nitrogens with one attached hydrogen (secondary N) is 2. The van der Waals surface area contributed by atoms with Crippen molar-refractivity contribution in [3.05, 3.63) is 20.8 Å². The maximum absolute atomic E-state index is 5.85. The van der Waals surface area contributed by atoms with Crippen LogP contribution in [0.25, 0.3) is 0 Å². The SMILES string of the molecule is CN=C(NCc1cc(Br)cs1)NC1CC2CCC1O2.I. The van der Waals surface area contributed by atoms with E-state index in [4.69, 9.17) is 4.74 Å². The van der Waals surface area contributed by atoms with Gasteiger partial charge >= 0.3 is 0 Å². The highest BCUT2D eigenvalue weighted by molar-refractivity contribution is 14.0. The summed E-state index contributed by atoms with van der Waals surface area (Å²) in [6.45, 7) is 0.803. The number of thiophene rings is 1. The molecule has 1 aromatic heterocycles.